The lowest BCUT2D eigenvalue weighted by Gasteiger charge is -2.28. The molecule has 0 N–H and O–H groups in total. The normalized spacial score (nSPS) is 13.4. The minimum Gasteiger partial charge on any atom is -0.460 e. The zero-order valence-electron chi connectivity index (χ0n) is 21.5. The Morgan fingerprint density at radius 3 is 2.49 bits per heavy atom. The summed E-state index contributed by atoms with van der Waals surface area (Å²) in [5.74, 6) is -0.172. The Morgan fingerprint density at radius 2 is 1.81 bits per heavy atom. The van der Waals surface area contributed by atoms with Crippen molar-refractivity contribution in [1.29, 1.82) is 0 Å². The molecule has 37 heavy (non-hydrogen) atoms. The van der Waals surface area contributed by atoms with Crippen LogP contribution >= 0.6 is 0 Å². The summed E-state index contributed by atoms with van der Waals surface area (Å²) in [4.78, 5) is 30.8. The summed E-state index contributed by atoms with van der Waals surface area (Å²) in [5, 5.41) is 11.7. The van der Waals surface area contributed by atoms with Crippen molar-refractivity contribution >= 4 is 17.3 Å². The monoisotopic (exact) mass is 505 g/mol. The highest BCUT2D eigenvalue weighted by Gasteiger charge is 2.29. The highest BCUT2D eigenvalue weighted by atomic mass is 16.7. The fourth-order valence-electron chi connectivity index (χ4n) is 4.14. The molecule has 0 atom stereocenters. The van der Waals surface area contributed by atoms with Gasteiger partial charge >= 0.3 is 5.69 Å². The summed E-state index contributed by atoms with van der Waals surface area (Å²) in [5.41, 5.74) is 4.51. The number of carbonyl (C=O) groups is 1. The molecule has 0 saturated heterocycles. The molecular weight excluding hydrogens is 474 g/mol. The Balaban J connectivity index is 1.52. The fraction of sp³-hybridized carbons (Fsp3) is 0.357. The second-order valence-corrected chi connectivity index (χ2v) is 9.80. The maximum Gasteiger partial charge on any atom is 0.313 e. The topological polar surface area (TPSA) is 104 Å². The molecule has 1 amide bonds. The number of pyridine rings is 1. The Morgan fingerprint density at radius 1 is 1.05 bits per heavy atom. The smallest absolute Gasteiger partial charge is 0.313 e. The van der Waals surface area contributed by atoms with Crippen molar-refractivity contribution in [2.75, 3.05) is 38.6 Å². The number of nitrogens with zero attached hydrogens (tertiary/aromatic N) is 3. The lowest BCUT2D eigenvalue weighted by molar-refractivity contribution is -0.386. The van der Waals surface area contributed by atoms with Crippen LogP contribution in [0.5, 0.6) is 5.75 Å². The quantitative estimate of drug-likeness (QED) is 0.171. The van der Waals surface area contributed by atoms with E-state index in [0.717, 1.165) is 17.0 Å². The first-order valence-corrected chi connectivity index (χ1v) is 12.1. The highest BCUT2D eigenvalue weighted by molar-refractivity contribution is 6.08. The molecule has 1 aromatic heterocycles. The first kappa shape index (κ1) is 26.2. The van der Waals surface area contributed by atoms with Gasteiger partial charge in [0.25, 0.3) is 5.91 Å². The molecule has 0 fully saturated rings. The maximum atomic E-state index is 13.3. The molecule has 1 aliphatic rings. The second kappa shape index (κ2) is 11.1. The third-order valence-electron chi connectivity index (χ3n) is 6.25. The van der Waals surface area contributed by atoms with Crippen LogP contribution in [0.25, 0.3) is 11.3 Å². The molecular formula is C28H31N3O6. The van der Waals surface area contributed by atoms with Crippen molar-refractivity contribution in [1.82, 2.24) is 4.98 Å². The number of ether oxygens (including phenoxy) is 3. The largest absolute Gasteiger partial charge is 0.460 e. The van der Waals surface area contributed by atoms with E-state index in [1.54, 1.807) is 19.2 Å². The number of nitro groups is 1. The number of benzene rings is 2. The lowest BCUT2D eigenvalue weighted by atomic mass is 9.86. The standard InChI is InChI=1S/C28H31N3O6/c1-28(2,3)20-7-5-19(6-8-20)23-11-10-22-24(29-23)13-14-30(27(22)32)21-9-12-26(25(17-21)31(33)34)37-18-36-16-15-35-4/h5-12,17H,13-16,18H2,1-4H3. The molecule has 0 spiro atoms. The van der Waals surface area contributed by atoms with Crippen LogP contribution in [0, 0.1) is 10.1 Å². The van der Waals surface area contributed by atoms with Gasteiger partial charge in [-0.05, 0) is 35.2 Å². The predicted octanol–water partition coefficient (Wildman–Crippen LogP) is 5.16. The number of methoxy groups -OCH3 is 1. The van der Waals surface area contributed by atoms with Crippen molar-refractivity contribution in [3.05, 3.63) is 81.5 Å². The lowest BCUT2D eigenvalue weighted by Crippen LogP contribution is -2.38. The van der Waals surface area contributed by atoms with Crippen molar-refractivity contribution in [2.45, 2.75) is 32.6 Å². The van der Waals surface area contributed by atoms with Gasteiger partial charge < -0.3 is 19.1 Å². The highest BCUT2D eigenvalue weighted by Crippen LogP contribution is 2.34. The van der Waals surface area contributed by atoms with Crippen LogP contribution in [0.1, 0.15) is 42.4 Å². The molecule has 4 rings (SSSR count). The van der Waals surface area contributed by atoms with E-state index in [4.69, 9.17) is 19.2 Å². The third kappa shape index (κ3) is 5.95. The zero-order valence-corrected chi connectivity index (χ0v) is 21.5. The molecule has 1 aliphatic heterocycles. The van der Waals surface area contributed by atoms with Crippen LogP contribution in [0.3, 0.4) is 0 Å². The average Bonchev–Trinajstić information content (AvgIpc) is 2.88. The van der Waals surface area contributed by atoms with E-state index >= 15 is 0 Å². The van der Waals surface area contributed by atoms with Crippen LogP contribution in [-0.4, -0.2) is 49.5 Å². The van der Waals surface area contributed by atoms with E-state index in [1.165, 1.54) is 22.6 Å². The van der Waals surface area contributed by atoms with Gasteiger partial charge in [-0.1, -0.05) is 45.0 Å². The number of rotatable bonds is 9. The number of nitro benzene ring substituents is 1. The van der Waals surface area contributed by atoms with E-state index in [9.17, 15) is 14.9 Å². The molecule has 9 heteroatoms. The molecule has 0 radical (unpaired) electrons. The van der Waals surface area contributed by atoms with E-state index in [2.05, 4.69) is 45.0 Å². The Hall–Kier alpha value is -3.82. The SMILES string of the molecule is COCCOCOc1ccc(N2CCc3nc(-c4ccc(C(C)(C)C)cc4)ccc3C2=O)cc1[N+](=O)[O-]. The number of amides is 1. The van der Waals surface area contributed by atoms with Gasteiger partial charge in [-0.25, -0.2) is 0 Å². The van der Waals surface area contributed by atoms with Crippen molar-refractivity contribution < 1.29 is 23.9 Å². The molecule has 2 aromatic carbocycles. The van der Waals surface area contributed by atoms with Crippen molar-refractivity contribution in [2.24, 2.45) is 0 Å². The van der Waals surface area contributed by atoms with Crippen LogP contribution in [0.15, 0.2) is 54.6 Å². The number of anilines is 1. The van der Waals surface area contributed by atoms with Gasteiger partial charge in [0.1, 0.15) is 0 Å². The first-order chi connectivity index (χ1) is 17.7. The molecule has 2 heterocycles. The van der Waals surface area contributed by atoms with Gasteiger partial charge in [-0.2, -0.15) is 0 Å². The van der Waals surface area contributed by atoms with Gasteiger partial charge in [0.2, 0.25) is 0 Å². The molecule has 0 unspecified atom stereocenters. The van der Waals surface area contributed by atoms with Crippen LogP contribution in [0.2, 0.25) is 0 Å². The van der Waals surface area contributed by atoms with Crippen LogP contribution < -0.4 is 9.64 Å². The van der Waals surface area contributed by atoms with Crippen molar-refractivity contribution in [3.63, 3.8) is 0 Å². The fourth-order valence-corrected chi connectivity index (χ4v) is 4.14. The molecule has 194 valence electrons. The van der Waals surface area contributed by atoms with E-state index in [-0.39, 0.29) is 29.6 Å². The average molecular weight is 506 g/mol. The summed E-state index contributed by atoms with van der Waals surface area (Å²) < 4.78 is 15.5. The predicted molar refractivity (Wildman–Crippen MR) is 140 cm³/mol. The minimum atomic E-state index is -0.533. The van der Waals surface area contributed by atoms with Crippen LogP contribution in [-0.2, 0) is 21.3 Å². The summed E-state index contributed by atoms with van der Waals surface area (Å²) >= 11 is 0. The molecule has 3 aromatic rings. The molecule has 9 nitrogen and oxygen atoms in total. The second-order valence-electron chi connectivity index (χ2n) is 9.80. The minimum absolute atomic E-state index is 0.0644. The Kier molecular flexibility index (Phi) is 7.85. The molecule has 0 aliphatic carbocycles. The number of hydrogen-bond donors (Lipinski definition) is 0. The molecule has 0 saturated carbocycles. The summed E-state index contributed by atoms with van der Waals surface area (Å²) in [6, 6.07) is 16.4. The van der Waals surface area contributed by atoms with Gasteiger partial charge in [0, 0.05) is 31.7 Å². The van der Waals surface area contributed by atoms with Gasteiger partial charge in [-0.3, -0.25) is 19.9 Å². The number of fused-ring (bicyclic) bond motifs is 1. The molecule has 0 bridgehead atoms. The van der Waals surface area contributed by atoms with E-state index < -0.39 is 4.92 Å². The zero-order chi connectivity index (χ0) is 26.6. The number of carbonyl (C=O) groups excluding carboxylic acids is 1. The Bertz CT molecular complexity index is 1280. The third-order valence-corrected chi connectivity index (χ3v) is 6.25. The van der Waals surface area contributed by atoms with Gasteiger partial charge in [0.15, 0.2) is 12.5 Å². The summed E-state index contributed by atoms with van der Waals surface area (Å²) in [6.45, 7) is 7.43. The van der Waals surface area contributed by atoms with Crippen molar-refractivity contribution in [3.8, 4) is 17.0 Å². The summed E-state index contributed by atoms with van der Waals surface area (Å²) in [7, 11) is 1.55. The van der Waals surface area contributed by atoms with E-state index in [0.29, 0.717) is 37.4 Å². The summed E-state index contributed by atoms with van der Waals surface area (Å²) in [6.07, 6.45) is 0.536. The number of hydrogen-bond acceptors (Lipinski definition) is 7. The van der Waals surface area contributed by atoms with Gasteiger partial charge in [0.05, 0.1) is 40.8 Å². The maximum absolute atomic E-state index is 13.3. The first-order valence-electron chi connectivity index (χ1n) is 12.1. The van der Waals surface area contributed by atoms with Gasteiger partial charge in [-0.15, -0.1) is 0 Å². The Labute approximate surface area is 216 Å². The van der Waals surface area contributed by atoms with Crippen LogP contribution in [0.4, 0.5) is 11.4 Å². The van der Waals surface area contributed by atoms with E-state index in [1.807, 2.05) is 6.07 Å². The number of aromatic nitrogens is 1.